The third-order valence-electron chi connectivity index (χ3n) is 3.47. The largest absolute Gasteiger partial charge is 0.391 e. The van der Waals surface area contributed by atoms with Gasteiger partial charge in [0, 0.05) is 31.3 Å². The summed E-state index contributed by atoms with van der Waals surface area (Å²) in [7, 11) is 3.89. The Balaban J connectivity index is 2.38. The van der Waals surface area contributed by atoms with Crippen LogP contribution in [0.1, 0.15) is 6.42 Å². The number of nitro benzene ring substituents is 1. The van der Waals surface area contributed by atoms with Crippen LogP contribution in [0.25, 0.3) is 0 Å². The highest BCUT2D eigenvalue weighted by Crippen LogP contribution is 2.40. The van der Waals surface area contributed by atoms with Gasteiger partial charge >= 0.3 is 0 Å². The number of β-amino-alcohol motifs (C(OH)–C–C–N with tert-alkyl or cyclic N) is 1. The van der Waals surface area contributed by atoms with E-state index in [2.05, 4.69) is 0 Å². The number of halogens is 2. The van der Waals surface area contributed by atoms with E-state index in [4.69, 9.17) is 23.2 Å². The van der Waals surface area contributed by atoms with Crippen molar-refractivity contribution in [2.75, 3.05) is 32.1 Å². The second kappa shape index (κ2) is 6.36. The molecule has 2 atom stereocenters. The van der Waals surface area contributed by atoms with Crippen LogP contribution < -0.4 is 4.90 Å². The molecule has 0 amide bonds. The van der Waals surface area contributed by atoms with Gasteiger partial charge in [0.1, 0.15) is 0 Å². The van der Waals surface area contributed by atoms with E-state index in [1.165, 1.54) is 12.1 Å². The highest BCUT2D eigenvalue weighted by molar-refractivity contribution is 6.39. The van der Waals surface area contributed by atoms with Gasteiger partial charge in [-0.2, -0.15) is 0 Å². The summed E-state index contributed by atoms with van der Waals surface area (Å²) in [6, 6.07) is 2.65. The number of benzene rings is 1. The van der Waals surface area contributed by atoms with Gasteiger partial charge in [0.25, 0.3) is 5.69 Å². The topological polar surface area (TPSA) is 69.8 Å². The molecule has 0 spiro atoms. The number of aliphatic hydroxyl groups is 1. The third-order valence-corrected chi connectivity index (χ3v) is 4.04. The molecule has 1 heterocycles. The van der Waals surface area contributed by atoms with Crippen LogP contribution in [0.4, 0.5) is 11.4 Å². The van der Waals surface area contributed by atoms with E-state index in [0.29, 0.717) is 18.7 Å². The van der Waals surface area contributed by atoms with E-state index in [0.717, 1.165) is 6.54 Å². The lowest BCUT2D eigenvalue weighted by Crippen LogP contribution is -2.37. The Morgan fingerprint density at radius 3 is 2.48 bits per heavy atom. The normalized spacial score (nSPS) is 22.1. The number of nitrogens with zero attached hydrogens (tertiary/aromatic N) is 3. The maximum absolute atomic E-state index is 10.8. The molecule has 8 heteroatoms. The average molecular weight is 334 g/mol. The van der Waals surface area contributed by atoms with Crippen molar-refractivity contribution in [3.05, 3.63) is 32.3 Å². The van der Waals surface area contributed by atoms with Crippen LogP contribution in [0.15, 0.2) is 12.1 Å². The van der Waals surface area contributed by atoms with Gasteiger partial charge in [0.15, 0.2) is 0 Å². The Labute approximate surface area is 133 Å². The fourth-order valence-corrected chi connectivity index (χ4v) is 3.38. The number of anilines is 1. The van der Waals surface area contributed by atoms with Crippen molar-refractivity contribution in [3.8, 4) is 0 Å². The summed E-state index contributed by atoms with van der Waals surface area (Å²) in [6.07, 6.45) is 0.152. The second-order valence-corrected chi connectivity index (χ2v) is 6.29. The Bertz CT molecular complexity index is 530. The van der Waals surface area contributed by atoms with Gasteiger partial charge in [-0.1, -0.05) is 23.2 Å². The molecule has 2 unspecified atom stereocenters. The Morgan fingerprint density at radius 1 is 1.43 bits per heavy atom. The lowest BCUT2D eigenvalue weighted by Gasteiger charge is -2.30. The van der Waals surface area contributed by atoms with Gasteiger partial charge in [-0.3, -0.25) is 10.1 Å². The zero-order valence-corrected chi connectivity index (χ0v) is 13.3. The highest BCUT2D eigenvalue weighted by atomic mass is 35.5. The van der Waals surface area contributed by atoms with Gasteiger partial charge in [0.05, 0.1) is 26.8 Å². The average Bonchev–Trinajstić information content (AvgIpc) is 2.68. The fraction of sp³-hybridized carbons (Fsp3) is 0.538. The summed E-state index contributed by atoms with van der Waals surface area (Å²) in [5.41, 5.74) is 0.407. The number of nitro groups is 1. The van der Waals surface area contributed by atoms with Gasteiger partial charge in [-0.05, 0) is 20.5 Å². The predicted octanol–water partition coefficient (Wildman–Crippen LogP) is 2.40. The van der Waals surface area contributed by atoms with Crippen molar-refractivity contribution in [1.29, 1.82) is 0 Å². The van der Waals surface area contributed by atoms with Crippen molar-refractivity contribution in [2.45, 2.75) is 18.6 Å². The molecule has 0 aromatic heterocycles. The monoisotopic (exact) mass is 333 g/mol. The summed E-state index contributed by atoms with van der Waals surface area (Å²) < 4.78 is 0. The van der Waals surface area contributed by atoms with E-state index in [9.17, 15) is 15.2 Å². The molecular weight excluding hydrogens is 317 g/mol. The molecule has 0 aliphatic carbocycles. The molecule has 0 radical (unpaired) electrons. The quantitative estimate of drug-likeness (QED) is 0.676. The highest BCUT2D eigenvalue weighted by Gasteiger charge is 2.34. The SMILES string of the molecule is CN(C)CC1CC(O)CN1c1c(Cl)cc([N+](=O)[O-])cc1Cl. The molecule has 1 aromatic rings. The van der Waals surface area contributed by atoms with Crippen molar-refractivity contribution >= 4 is 34.6 Å². The molecule has 1 N–H and O–H groups in total. The Morgan fingerprint density at radius 2 is 2.00 bits per heavy atom. The number of non-ortho nitro benzene ring substituents is 1. The van der Waals surface area contributed by atoms with Gasteiger partial charge in [-0.15, -0.1) is 0 Å². The van der Waals surface area contributed by atoms with Crippen molar-refractivity contribution < 1.29 is 10.0 Å². The molecule has 0 saturated carbocycles. The van der Waals surface area contributed by atoms with Crippen LogP contribution in [-0.2, 0) is 0 Å². The van der Waals surface area contributed by atoms with E-state index in [-0.39, 0.29) is 21.8 Å². The van der Waals surface area contributed by atoms with Gasteiger partial charge in [0.2, 0.25) is 0 Å². The van der Waals surface area contributed by atoms with Crippen LogP contribution in [0, 0.1) is 10.1 Å². The van der Waals surface area contributed by atoms with Crippen LogP contribution in [0.3, 0.4) is 0 Å². The Hall–Kier alpha value is -1.08. The molecule has 116 valence electrons. The molecule has 2 rings (SSSR count). The first kappa shape index (κ1) is 16.3. The summed E-state index contributed by atoms with van der Waals surface area (Å²) in [5, 5.41) is 21.2. The standard InChI is InChI=1S/C13H17Cl2N3O3/c1-16(2)6-9-3-10(19)7-17(9)13-11(14)4-8(18(20)21)5-12(13)15/h4-5,9-10,19H,3,6-7H2,1-2H3. The number of aliphatic hydroxyl groups excluding tert-OH is 1. The van der Waals surface area contributed by atoms with Crippen molar-refractivity contribution in [1.82, 2.24) is 4.90 Å². The fourth-order valence-electron chi connectivity index (χ4n) is 2.69. The lowest BCUT2D eigenvalue weighted by molar-refractivity contribution is -0.384. The molecule has 6 nitrogen and oxygen atoms in total. The van der Waals surface area contributed by atoms with Crippen LogP contribution in [0.2, 0.25) is 10.0 Å². The van der Waals surface area contributed by atoms with Crippen LogP contribution >= 0.6 is 23.2 Å². The number of rotatable bonds is 4. The molecular formula is C13H17Cl2N3O3. The first-order chi connectivity index (χ1) is 9.79. The molecule has 21 heavy (non-hydrogen) atoms. The van der Waals surface area contributed by atoms with Gasteiger partial charge in [-0.25, -0.2) is 0 Å². The second-order valence-electron chi connectivity index (χ2n) is 5.47. The summed E-state index contributed by atoms with van der Waals surface area (Å²) in [4.78, 5) is 14.2. The van der Waals surface area contributed by atoms with E-state index < -0.39 is 11.0 Å². The first-order valence-electron chi connectivity index (χ1n) is 6.52. The minimum atomic E-state index is -0.530. The summed E-state index contributed by atoms with van der Waals surface area (Å²) in [6.45, 7) is 1.15. The zero-order chi connectivity index (χ0) is 15.7. The summed E-state index contributed by atoms with van der Waals surface area (Å²) in [5.74, 6) is 0. The molecule has 1 fully saturated rings. The lowest BCUT2D eigenvalue weighted by atomic mass is 10.1. The maximum Gasteiger partial charge on any atom is 0.272 e. The van der Waals surface area contributed by atoms with E-state index in [1.807, 2.05) is 23.9 Å². The Kier molecular flexibility index (Phi) is 4.93. The van der Waals surface area contributed by atoms with Crippen molar-refractivity contribution in [3.63, 3.8) is 0 Å². The van der Waals surface area contributed by atoms with Gasteiger partial charge < -0.3 is 14.9 Å². The summed E-state index contributed by atoms with van der Waals surface area (Å²) >= 11 is 12.4. The number of likely N-dealkylation sites (N-methyl/N-ethyl adjacent to an activating group) is 1. The molecule has 1 aliphatic rings. The number of hydrogen-bond donors (Lipinski definition) is 1. The first-order valence-corrected chi connectivity index (χ1v) is 7.28. The molecule has 1 aromatic carbocycles. The molecule has 1 saturated heterocycles. The molecule has 1 aliphatic heterocycles. The van der Waals surface area contributed by atoms with Crippen LogP contribution in [-0.4, -0.2) is 54.3 Å². The predicted molar refractivity (Wildman–Crippen MR) is 83.4 cm³/mol. The van der Waals surface area contributed by atoms with Crippen molar-refractivity contribution in [2.24, 2.45) is 0 Å². The smallest absolute Gasteiger partial charge is 0.272 e. The minimum Gasteiger partial charge on any atom is -0.391 e. The maximum atomic E-state index is 10.8. The number of hydrogen-bond acceptors (Lipinski definition) is 5. The third kappa shape index (κ3) is 3.58. The van der Waals surface area contributed by atoms with Crippen LogP contribution in [0.5, 0.6) is 0 Å². The zero-order valence-electron chi connectivity index (χ0n) is 11.8. The van der Waals surface area contributed by atoms with E-state index >= 15 is 0 Å². The molecule has 0 bridgehead atoms. The minimum absolute atomic E-state index is 0.0615. The van der Waals surface area contributed by atoms with E-state index in [1.54, 1.807) is 0 Å².